The summed E-state index contributed by atoms with van der Waals surface area (Å²) in [6.07, 6.45) is 0.403. The van der Waals surface area contributed by atoms with Gasteiger partial charge in [0.2, 0.25) is 0 Å². The summed E-state index contributed by atoms with van der Waals surface area (Å²) in [5.41, 5.74) is 7.72. The molecule has 2 atom stereocenters. The Morgan fingerprint density at radius 1 is 1.33 bits per heavy atom. The van der Waals surface area contributed by atoms with Gasteiger partial charge in [-0.05, 0) is 43.0 Å². The molecule has 1 aromatic rings. The van der Waals surface area contributed by atoms with E-state index < -0.39 is 6.10 Å². The lowest BCUT2D eigenvalue weighted by Crippen LogP contribution is -2.23. The number of benzene rings is 1. The molecule has 0 aliphatic carbocycles. The van der Waals surface area contributed by atoms with Crippen LogP contribution in [0.3, 0.4) is 0 Å². The second-order valence-electron chi connectivity index (χ2n) is 5.30. The fourth-order valence-electron chi connectivity index (χ4n) is 2.25. The van der Waals surface area contributed by atoms with Crippen molar-refractivity contribution in [2.75, 3.05) is 13.7 Å². The molecule has 1 rings (SSSR count). The van der Waals surface area contributed by atoms with Crippen molar-refractivity contribution in [3.63, 3.8) is 0 Å². The highest BCUT2D eigenvalue weighted by Crippen LogP contribution is 2.30. The van der Waals surface area contributed by atoms with Gasteiger partial charge in [0, 0.05) is 5.92 Å². The van der Waals surface area contributed by atoms with Crippen molar-refractivity contribution < 1.29 is 9.84 Å². The zero-order chi connectivity index (χ0) is 13.7. The van der Waals surface area contributed by atoms with Crippen LogP contribution in [0, 0.1) is 18.8 Å². The first-order valence-electron chi connectivity index (χ1n) is 6.52. The van der Waals surface area contributed by atoms with Crippen LogP contribution < -0.4 is 10.5 Å². The van der Waals surface area contributed by atoms with Crippen LogP contribution in [0.4, 0.5) is 0 Å². The predicted molar refractivity (Wildman–Crippen MR) is 74.7 cm³/mol. The average Bonchev–Trinajstić information content (AvgIpc) is 2.35. The Bertz CT molecular complexity index is 377. The molecule has 3 N–H and O–H groups in total. The molecule has 0 saturated carbocycles. The molecule has 0 radical (unpaired) electrons. The van der Waals surface area contributed by atoms with E-state index in [0.29, 0.717) is 12.5 Å². The lowest BCUT2D eigenvalue weighted by molar-refractivity contribution is 0.0992. The Balaban J connectivity index is 2.90. The Hall–Kier alpha value is -1.06. The van der Waals surface area contributed by atoms with E-state index in [0.717, 1.165) is 23.3 Å². The molecule has 0 saturated heterocycles. The third kappa shape index (κ3) is 3.72. The first-order chi connectivity index (χ1) is 8.49. The SMILES string of the molecule is COc1cc(C(O)C(CN)CC(C)C)ccc1C. The molecular weight excluding hydrogens is 226 g/mol. The summed E-state index contributed by atoms with van der Waals surface area (Å²) < 4.78 is 5.29. The van der Waals surface area contributed by atoms with Crippen LogP contribution in [0.2, 0.25) is 0 Å². The molecule has 18 heavy (non-hydrogen) atoms. The fourth-order valence-corrected chi connectivity index (χ4v) is 2.25. The van der Waals surface area contributed by atoms with Crippen LogP contribution in [0.5, 0.6) is 5.75 Å². The molecular formula is C15H25NO2. The Morgan fingerprint density at radius 3 is 2.50 bits per heavy atom. The molecule has 0 bridgehead atoms. The van der Waals surface area contributed by atoms with Crippen LogP contribution in [0.1, 0.15) is 37.5 Å². The summed E-state index contributed by atoms with van der Waals surface area (Å²) in [6, 6.07) is 5.83. The first kappa shape index (κ1) is 15.0. The smallest absolute Gasteiger partial charge is 0.122 e. The molecule has 3 nitrogen and oxygen atoms in total. The van der Waals surface area contributed by atoms with Crippen molar-refractivity contribution in [1.29, 1.82) is 0 Å². The standard InChI is InChI=1S/C15H25NO2/c1-10(2)7-13(9-16)15(17)12-6-5-11(3)14(8-12)18-4/h5-6,8,10,13,15,17H,7,9,16H2,1-4H3. The summed E-state index contributed by atoms with van der Waals surface area (Å²) in [5, 5.41) is 10.4. The number of methoxy groups -OCH3 is 1. The molecule has 1 aromatic carbocycles. The van der Waals surface area contributed by atoms with Crippen molar-refractivity contribution >= 4 is 0 Å². The lowest BCUT2D eigenvalue weighted by atomic mass is 9.88. The highest BCUT2D eigenvalue weighted by Gasteiger charge is 2.21. The predicted octanol–water partition coefficient (Wildman–Crippen LogP) is 2.66. The number of aliphatic hydroxyl groups excluding tert-OH is 1. The number of hydrogen-bond acceptors (Lipinski definition) is 3. The molecule has 0 heterocycles. The Morgan fingerprint density at radius 2 is 2.00 bits per heavy atom. The van der Waals surface area contributed by atoms with E-state index in [2.05, 4.69) is 13.8 Å². The minimum absolute atomic E-state index is 0.0948. The second-order valence-corrected chi connectivity index (χ2v) is 5.30. The summed E-state index contributed by atoms with van der Waals surface area (Å²) >= 11 is 0. The quantitative estimate of drug-likeness (QED) is 0.817. The molecule has 0 aliphatic rings. The third-order valence-electron chi connectivity index (χ3n) is 3.30. The van der Waals surface area contributed by atoms with Gasteiger partial charge in [-0.15, -0.1) is 0 Å². The van der Waals surface area contributed by atoms with E-state index in [1.807, 2.05) is 25.1 Å². The van der Waals surface area contributed by atoms with E-state index in [-0.39, 0.29) is 5.92 Å². The minimum Gasteiger partial charge on any atom is -0.496 e. The van der Waals surface area contributed by atoms with Crippen molar-refractivity contribution in [3.8, 4) is 5.75 Å². The zero-order valence-corrected chi connectivity index (χ0v) is 11.8. The monoisotopic (exact) mass is 251 g/mol. The van der Waals surface area contributed by atoms with Gasteiger partial charge in [0.05, 0.1) is 13.2 Å². The van der Waals surface area contributed by atoms with Crippen LogP contribution in [0.15, 0.2) is 18.2 Å². The topological polar surface area (TPSA) is 55.5 Å². The van der Waals surface area contributed by atoms with Gasteiger partial charge >= 0.3 is 0 Å². The van der Waals surface area contributed by atoms with E-state index >= 15 is 0 Å². The minimum atomic E-state index is -0.521. The summed E-state index contributed by atoms with van der Waals surface area (Å²) in [5.74, 6) is 1.44. The zero-order valence-electron chi connectivity index (χ0n) is 11.8. The van der Waals surface area contributed by atoms with Crippen molar-refractivity contribution in [1.82, 2.24) is 0 Å². The molecule has 2 unspecified atom stereocenters. The second kappa shape index (κ2) is 6.76. The first-order valence-corrected chi connectivity index (χ1v) is 6.52. The van der Waals surface area contributed by atoms with Gasteiger partial charge in [0.1, 0.15) is 5.75 Å². The highest BCUT2D eigenvalue weighted by atomic mass is 16.5. The molecule has 0 amide bonds. The molecule has 0 fully saturated rings. The molecule has 0 aromatic heterocycles. The van der Waals surface area contributed by atoms with Gasteiger partial charge in [-0.25, -0.2) is 0 Å². The van der Waals surface area contributed by atoms with Gasteiger partial charge in [-0.1, -0.05) is 26.0 Å². The number of rotatable bonds is 6. The molecule has 3 heteroatoms. The van der Waals surface area contributed by atoms with Crippen molar-refractivity contribution in [3.05, 3.63) is 29.3 Å². The summed E-state index contributed by atoms with van der Waals surface area (Å²) in [7, 11) is 1.65. The van der Waals surface area contributed by atoms with Crippen LogP contribution >= 0.6 is 0 Å². The van der Waals surface area contributed by atoms with Gasteiger partial charge in [-0.3, -0.25) is 0 Å². The largest absolute Gasteiger partial charge is 0.496 e. The van der Waals surface area contributed by atoms with E-state index in [1.54, 1.807) is 7.11 Å². The Labute approximate surface area is 110 Å². The number of aryl methyl sites for hydroxylation is 1. The van der Waals surface area contributed by atoms with Crippen LogP contribution in [-0.2, 0) is 0 Å². The fraction of sp³-hybridized carbons (Fsp3) is 0.600. The summed E-state index contributed by atoms with van der Waals surface area (Å²) in [4.78, 5) is 0. The number of nitrogens with two attached hydrogens (primary N) is 1. The van der Waals surface area contributed by atoms with Gasteiger partial charge < -0.3 is 15.6 Å². The van der Waals surface area contributed by atoms with E-state index in [9.17, 15) is 5.11 Å². The van der Waals surface area contributed by atoms with E-state index in [1.165, 1.54) is 0 Å². The normalized spacial score (nSPS) is 14.6. The maximum atomic E-state index is 10.4. The number of hydrogen-bond donors (Lipinski definition) is 2. The van der Waals surface area contributed by atoms with Crippen LogP contribution in [0.25, 0.3) is 0 Å². The van der Waals surface area contributed by atoms with Gasteiger partial charge in [0.15, 0.2) is 0 Å². The Kier molecular flexibility index (Phi) is 5.63. The van der Waals surface area contributed by atoms with Gasteiger partial charge in [0.25, 0.3) is 0 Å². The van der Waals surface area contributed by atoms with Crippen LogP contribution in [-0.4, -0.2) is 18.8 Å². The number of ether oxygens (including phenoxy) is 1. The molecule has 0 aliphatic heterocycles. The average molecular weight is 251 g/mol. The lowest BCUT2D eigenvalue weighted by Gasteiger charge is -2.24. The third-order valence-corrected chi connectivity index (χ3v) is 3.30. The van der Waals surface area contributed by atoms with Crippen molar-refractivity contribution in [2.24, 2.45) is 17.6 Å². The maximum Gasteiger partial charge on any atom is 0.122 e. The highest BCUT2D eigenvalue weighted by molar-refractivity contribution is 5.37. The van der Waals surface area contributed by atoms with Gasteiger partial charge in [-0.2, -0.15) is 0 Å². The molecule has 102 valence electrons. The molecule has 0 spiro atoms. The van der Waals surface area contributed by atoms with E-state index in [4.69, 9.17) is 10.5 Å². The maximum absolute atomic E-state index is 10.4. The summed E-state index contributed by atoms with van der Waals surface area (Å²) in [6.45, 7) is 6.77. The van der Waals surface area contributed by atoms with Crippen molar-refractivity contribution in [2.45, 2.75) is 33.3 Å². The number of aliphatic hydroxyl groups is 1.